The van der Waals surface area contributed by atoms with Crippen LogP contribution in [0.3, 0.4) is 0 Å². The van der Waals surface area contributed by atoms with Crippen molar-refractivity contribution in [1.82, 2.24) is 4.90 Å². The zero-order valence-electron chi connectivity index (χ0n) is 10.3. The van der Waals surface area contributed by atoms with Gasteiger partial charge in [-0.25, -0.2) is 9.69 Å². The molecule has 0 saturated heterocycles. The Labute approximate surface area is 115 Å². The first kappa shape index (κ1) is 13.4. The van der Waals surface area contributed by atoms with Crippen molar-refractivity contribution in [1.29, 1.82) is 0 Å². The molecule has 0 aliphatic carbocycles. The monoisotopic (exact) mass is 277 g/mol. The smallest absolute Gasteiger partial charge is 0.409 e. The van der Waals surface area contributed by atoms with Gasteiger partial charge in [0.25, 0.3) is 0 Å². The molecule has 2 aromatic rings. The van der Waals surface area contributed by atoms with Crippen molar-refractivity contribution >= 4 is 34.4 Å². The van der Waals surface area contributed by atoms with Gasteiger partial charge in [-0.3, -0.25) is 4.79 Å². The topological polar surface area (TPSA) is 46.6 Å². The van der Waals surface area contributed by atoms with Crippen LogP contribution in [0.1, 0.15) is 0 Å². The normalized spacial score (nSPS) is 10.2. The molecule has 2 aromatic carbocycles. The van der Waals surface area contributed by atoms with Gasteiger partial charge in [0, 0.05) is 12.4 Å². The molecule has 0 bridgehead atoms. The molecule has 4 nitrogen and oxygen atoms in total. The summed E-state index contributed by atoms with van der Waals surface area (Å²) in [6, 6.07) is 12.9. The van der Waals surface area contributed by atoms with Gasteiger partial charge in [-0.15, -0.1) is 11.6 Å². The maximum absolute atomic E-state index is 11.8. The highest BCUT2D eigenvalue weighted by atomic mass is 35.5. The standard InChI is InChI=1S/C14H12ClNO3/c1-16(13(17)9-15)14(18)19-12-8-4-6-10-5-2-3-7-11(10)12/h2-8H,9H2,1H3. The van der Waals surface area contributed by atoms with E-state index in [4.69, 9.17) is 16.3 Å². The Morgan fingerprint density at radius 1 is 1.16 bits per heavy atom. The molecular weight excluding hydrogens is 266 g/mol. The fourth-order valence-corrected chi connectivity index (χ4v) is 1.82. The van der Waals surface area contributed by atoms with Crippen molar-refractivity contribution < 1.29 is 14.3 Å². The number of amides is 2. The Morgan fingerprint density at radius 3 is 2.58 bits per heavy atom. The average molecular weight is 278 g/mol. The Balaban J connectivity index is 2.27. The van der Waals surface area contributed by atoms with E-state index in [2.05, 4.69) is 0 Å². The molecule has 0 aliphatic heterocycles. The number of rotatable bonds is 2. The first-order valence-electron chi connectivity index (χ1n) is 5.65. The highest BCUT2D eigenvalue weighted by Crippen LogP contribution is 2.25. The maximum Gasteiger partial charge on any atom is 0.421 e. The Morgan fingerprint density at radius 2 is 1.84 bits per heavy atom. The summed E-state index contributed by atoms with van der Waals surface area (Å²) in [7, 11) is 1.33. The van der Waals surface area contributed by atoms with E-state index in [1.807, 2.05) is 30.3 Å². The van der Waals surface area contributed by atoms with Crippen LogP contribution in [0.5, 0.6) is 5.75 Å². The third kappa shape index (κ3) is 2.85. The van der Waals surface area contributed by atoms with Crippen molar-refractivity contribution in [3.8, 4) is 5.75 Å². The van der Waals surface area contributed by atoms with Crippen molar-refractivity contribution in [2.75, 3.05) is 12.9 Å². The average Bonchev–Trinajstić information content (AvgIpc) is 2.46. The second-order valence-corrected chi connectivity index (χ2v) is 4.20. The van der Waals surface area contributed by atoms with E-state index in [-0.39, 0.29) is 5.88 Å². The summed E-state index contributed by atoms with van der Waals surface area (Å²) in [6.45, 7) is 0. The number of alkyl halides is 1. The molecule has 0 spiro atoms. The molecule has 2 amide bonds. The van der Waals surface area contributed by atoms with Crippen LogP contribution in [0.15, 0.2) is 42.5 Å². The van der Waals surface area contributed by atoms with Gasteiger partial charge in [-0.2, -0.15) is 0 Å². The minimum atomic E-state index is -0.748. The van der Waals surface area contributed by atoms with Crippen molar-refractivity contribution in [3.05, 3.63) is 42.5 Å². The van der Waals surface area contributed by atoms with Crippen LogP contribution in [0.2, 0.25) is 0 Å². The number of carbonyl (C=O) groups is 2. The van der Waals surface area contributed by atoms with Crippen molar-refractivity contribution in [2.45, 2.75) is 0 Å². The van der Waals surface area contributed by atoms with E-state index in [0.717, 1.165) is 15.7 Å². The number of imide groups is 1. The molecule has 19 heavy (non-hydrogen) atoms. The first-order valence-corrected chi connectivity index (χ1v) is 6.19. The summed E-state index contributed by atoms with van der Waals surface area (Å²) < 4.78 is 5.22. The highest BCUT2D eigenvalue weighted by Gasteiger charge is 2.18. The quantitative estimate of drug-likeness (QED) is 0.793. The molecule has 0 N–H and O–H groups in total. The lowest BCUT2D eigenvalue weighted by Crippen LogP contribution is -2.36. The number of fused-ring (bicyclic) bond motifs is 1. The van der Waals surface area contributed by atoms with E-state index >= 15 is 0 Å². The van der Waals surface area contributed by atoms with Crippen LogP contribution < -0.4 is 4.74 Å². The number of hydrogen-bond donors (Lipinski definition) is 0. The molecule has 0 fully saturated rings. The van der Waals surface area contributed by atoms with Crippen LogP contribution in [-0.2, 0) is 4.79 Å². The molecule has 0 aliphatic rings. The second-order valence-electron chi connectivity index (χ2n) is 3.93. The van der Waals surface area contributed by atoms with Crippen LogP contribution >= 0.6 is 11.6 Å². The molecular formula is C14H12ClNO3. The zero-order chi connectivity index (χ0) is 13.8. The van der Waals surface area contributed by atoms with E-state index in [9.17, 15) is 9.59 Å². The summed E-state index contributed by atoms with van der Waals surface area (Å²) >= 11 is 5.39. The summed E-state index contributed by atoms with van der Waals surface area (Å²) in [5, 5.41) is 1.77. The van der Waals surface area contributed by atoms with E-state index in [0.29, 0.717) is 5.75 Å². The van der Waals surface area contributed by atoms with Gasteiger partial charge in [0.15, 0.2) is 0 Å². The molecule has 0 radical (unpaired) electrons. The predicted molar refractivity (Wildman–Crippen MR) is 73.5 cm³/mol. The number of benzene rings is 2. The SMILES string of the molecule is CN(C(=O)CCl)C(=O)Oc1cccc2ccccc12. The number of ether oxygens (including phenoxy) is 1. The molecule has 0 aromatic heterocycles. The van der Waals surface area contributed by atoms with E-state index in [1.54, 1.807) is 12.1 Å². The van der Waals surface area contributed by atoms with Gasteiger partial charge in [0.2, 0.25) is 5.91 Å². The predicted octanol–water partition coefficient (Wildman–Crippen LogP) is 3.04. The Bertz CT molecular complexity index is 622. The lowest BCUT2D eigenvalue weighted by atomic mass is 10.1. The van der Waals surface area contributed by atoms with Gasteiger partial charge in [0.1, 0.15) is 11.6 Å². The lowest BCUT2D eigenvalue weighted by Gasteiger charge is -2.14. The lowest BCUT2D eigenvalue weighted by molar-refractivity contribution is -0.125. The molecule has 0 atom stereocenters. The molecule has 0 unspecified atom stereocenters. The fourth-order valence-electron chi connectivity index (χ4n) is 1.64. The number of hydrogen-bond acceptors (Lipinski definition) is 3. The summed E-state index contributed by atoms with van der Waals surface area (Å²) in [5.74, 6) is -0.356. The number of nitrogens with zero attached hydrogens (tertiary/aromatic N) is 1. The zero-order valence-corrected chi connectivity index (χ0v) is 11.1. The van der Waals surface area contributed by atoms with E-state index < -0.39 is 12.0 Å². The molecule has 2 rings (SSSR count). The first-order chi connectivity index (χ1) is 9.13. The third-order valence-corrected chi connectivity index (χ3v) is 2.94. The minimum Gasteiger partial charge on any atom is -0.409 e. The largest absolute Gasteiger partial charge is 0.421 e. The Hall–Kier alpha value is -2.07. The summed E-state index contributed by atoms with van der Waals surface area (Å²) in [4.78, 5) is 23.9. The minimum absolute atomic E-state index is 0.263. The number of halogens is 1. The second kappa shape index (κ2) is 5.71. The van der Waals surface area contributed by atoms with Crippen molar-refractivity contribution in [3.63, 3.8) is 0 Å². The van der Waals surface area contributed by atoms with Crippen LogP contribution in [0, 0.1) is 0 Å². The summed E-state index contributed by atoms with van der Waals surface area (Å²) in [6.07, 6.45) is -0.748. The molecule has 98 valence electrons. The molecule has 5 heteroatoms. The Kier molecular flexibility index (Phi) is 4.02. The van der Waals surface area contributed by atoms with Crippen LogP contribution in [0.4, 0.5) is 4.79 Å². The molecule has 0 heterocycles. The van der Waals surface area contributed by atoms with Gasteiger partial charge in [-0.1, -0.05) is 36.4 Å². The highest BCUT2D eigenvalue weighted by molar-refractivity contribution is 6.28. The van der Waals surface area contributed by atoms with Crippen molar-refractivity contribution in [2.24, 2.45) is 0 Å². The van der Waals surface area contributed by atoms with Gasteiger partial charge in [-0.05, 0) is 11.5 Å². The number of carbonyl (C=O) groups excluding carboxylic acids is 2. The maximum atomic E-state index is 11.8. The summed E-state index contributed by atoms with van der Waals surface area (Å²) in [5.41, 5.74) is 0. The van der Waals surface area contributed by atoms with Crippen LogP contribution in [0.25, 0.3) is 10.8 Å². The van der Waals surface area contributed by atoms with Crippen LogP contribution in [-0.4, -0.2) is 29.8 Å². The fraction of sp³-hybridized carbons (Fsp3) is 0.143. The van der Waals surface area contributed by atoms with Gasteiger partial charge >= 0.3 is 6.09 Å². The van der Waals surface area contributed by atoms with Gasteiger partial charge < -0.3 is 4.74 Å². The molecule has 0 saturated carbocycles. The van der Waals surface area contributed by atoms with Gasteiger partial charge in [0.05, 0.1) is 0 Å². The third-order valence-electron chi connectivity index (χ3n) is 2.71. The van der Waals surface area contributed by atoms with E-state index in [1.165, 1.54) is 7.05 Å².